The number of likely N-dealkylation sites (tertiary alicyclic amines) is 1. The van der Waals surface area contributed by atoms with Crippen LogP contribution in [0.5, 0.6) is 0 Å². The Bertz CT molecular complexity index is 781. The predicted molar refractivity (Wildman–Crippen MR) is 103 cm³/mol. The quantitative estimate of drug-likeness (QED) is 0.819. The number of nitrogens with zero attached hydrogens (tertiary/aromatic N) is 2. The number of hydrogen-bond donors (Lipinski definition) is 0. The Labute approximate surface area is 155 Å². The number of carbonyl (C=O) groups is 2. The molecule has 0 bridgehead atoms. The SMILES string of the molecule is Cc1ccc(C(C)N(C)C(=O)c2ccc(CN3CCCC3=O)cc2)cc1. The van der Waals surface area contributed by atoms with E-state index in [1.165, 1.54) is 5.56 Å². The van der Waals surface area contributed by atoms with Crippen molar-refractivity contribution in [1.82, 2.24) is 9.80 Å². The molecule has 2 aromatic rings. The van der Waals surface area contributed by atoms with Crippen molar-refractivity contribution in [1.29, 1.82) is 0 Å². The molecular formula is C22H26N2O2. The van der Waals surface area contributed by atoms with E-state index in [0.717, 1.165) is 24.1 Å². The third-order valence-electron chi connectivity index (χ3n) is 5.21. The van der Waals surface area contributed by atoms with Gasteiger partial charge < -0.3 is 9.80 Å². The molecule has 1 saturated heterocycles. The van der Waals surface area contributed by atoms with Gasteiger partial charge >= 0.3 is 0 Å². The first-order chi connectivity index (χ1) is 12.5. The van der Waals surface area contributed by atoms with Gasteiger partial charge in [-0.2, -0.15) is 0 Å². The maximum absolute atomic E-state index is 12.8. The van der Waals surface area contributed by atoms with Crippen LogP contribution < -0.4 is 0 Å². The molecule has 26 heavy (non-hydrogen) atoms. The van der Waals surface area contributed by atoms with E-state index in [9.17, 15) is 9.59 Å². The molecule has 0 saturated carbocycles. The molecule has 0 radical (unpaired) electrons. The summed E-state index contributed by atoms with van der Waals surface area (Å²) >= 11 is 0. The monoisotopic (exact) mass is 350 g/mol. The Kier molecular flexibility index (Phi) is 5.40. The third-order valence-corrected chi connectivity index (χ3v) is 5.21. The van der Waals surface area contributed by atoms with Crippen LogP contribution in [0.4, 0.5) is 0 Å². The first kappa shape index (κ1) is 18.2. The summed E-state index contributed by atoms with van der Waals surface area (Å²) in [5.41, 5.74) is 4.06. The van der Waals surface area contributed by atoms with E-state index < -0.39 is 0 Å². The predicted octanol–water partition coefficient (Wildman–Crippen LogP) is 3.95. The molecule has 136 valence electrons. The fraction of sp³-hybridized carbons (Fsp3) is 0.364. The van der Waals surface area contributed by atoms with Gasteiger partial charge in [0.25, 0.3) is 5.91 Å². The summed E-state index contributed by atoms with van der Waals surface area (Å²) in [6.45, 7) is 5.55. The first-order valence-corrected chi connectivity index (χ1v) is 9.16. The molecule has 0 N–H and O–H groups in total. The van der Waals surface area contributed by atoms with Crippen LogP contribution in [0.1, 0.15) is 52.9 Å². The van der Waals surface area contributed by atoms with Gasteiger partial charge in [-0.3, -0.25) is 9.59 Å². The average molecular weight is 350 g/mol. The number of hydrogen-bond acceptors (Lipinski definition) is 2. The molecular weight excluding hydrogens is 324 g/mol. The molecule has 1 heterocycles. The van der Waals surface area contributed by atoms with Crippen LogP contribution in [0.25, 0.3) is 0 Å². The zero-order valence-electron chi connectivity index (χ0n) is 15.7. The van der Waals surface area contributed by atoms with Gasteiger partial charge in [-0.25, -0.2) is 0 Å². The summed E-state index contributed by atoms with van der Waals surface area (Å²) < 4.78 is 0. The minimum atomic E-state index is 0.00174. The summed E-state index contributed by atoms with van der Waals surface area (Å²) in [5.74, 6) is 0.221. The van der Waals surface area contributed by atoms with Gasteiger partial charge in [-0.1, -0.05) is 42.0 Å². The summed E-state index contributed by atoms with van der Waals surface area (Å²) in [6.07, 6.45) is 1.59. The Morgan fingerprint density at radius 3 is 2.35 bits per heavy atom. The van der Waals surface area contributed by atoms with Crippen molar-refractivity contribution in [3.8, 4) is 0 Å². The lowest BCUT2D eigenvalue weighted by atomic mass is 10.0. The summed E-state index contributed by atoms with van der Waals surface area (Å²) in [5, 5.41) is 0. The summed E-state index contributed by atoms with van der Waals surface area (Å²) in [4.78, 5) is 28.2. The van der Waals surface area contributed by atoms with E-state index in [1.807, 2.05) is 43.1 Å². The van der Waals surface area contributed by atoms with Crippen LogP contribution in [0, 0.1) is 6.92 Å². The molecule has 1 fully saturated rings. The van der Waals surface area contributed by atoms with Gasteiger partial charge in [0.2, 0.25) is 5.91 Å². The van der Waals surface area contributed by atoms with Gasteiger partial charge in [-0.05, 0) is 43.5 Å². The molecule has 0 aliphatic carbocycles. The van der Waals surface area contributed by atoms with Crippen molar-refractivity contribution >= 4 is 11.8 Å². The highest BCUT2D eigenvalue weighted by Gasteiger charge is 2.21. The largest absolute Gasteiger partial charge is 0.338 e. The van der Waals surface area contributed by atoms with E-state index in [4.69, 9.17) is 0 Å². The second kappa shape index (κ2) is 7.73. The average Bonchev–Trinajstić information content (AvgIpc) is 3.06. The van der Waals surface area contributed by atoms with Gasteiger partial charge in [0.05, 0.1) is 6.04 Å². The van der Waals surface area contributed by atoms with E-state index >= 15 is 0 Å². The van der Waals surface area contributed by atoms with Crippen LogP contribution >= 0.6 is 0 Å². The summed E-state index contributed by atoms with van der Waals surface area (Å²) in [6, 6.07) is 15.9. The lowest BCUT2D eigenvalue weighted by Gasteiger charge is -2.25. The van der Waals surface area contributed by atoms with E-state index in [2.05, 4.69) is 31.2 Å². The van der Waals surface area contributed by atoms with Gasteiger partial charge in [-0.15, -0.1) is 0 Å². The zero-order valence-corrected chi connectivity index (χ0v) is 15.7. The molecule has 2 aromatic carbocycles. The molecule has 0 aromatic heterocycles. The van der Waals surface area contributed by atoms with Crippen molar-refractivity contribution < 1.29 is 9.59 Å². The van der Waals surface area contributed by atoms with Gasteiger partial charge in [0.15, 0.2) is 0 Å². The van der Waals surface area contributed by atoms with Crippen molar-refractivity contribution in [3.05, 3.63) is 70.8 Å². The normalized spacial score (nSPS) is 15.2. The van der Waals surface area contributed by atoms with Crippen molar-refractivity contribution in [2.45, 2.75) is 39.3 Å². The highest BCUT2D eigenvalue weighted by Crippen LogP contribution is 2.22. The second-order valence-electron chi connectivity index (χ2n) is 7.12. The first-order valence-electron chi connectivity index (χ1n) is 9.16. The molecule has 4 nitrogen and oxygen atoms in total. The van der Waals surface area contributed by atoms with Gasteiger partial charge in [0, 0.05) is 32.1 Å². The zero-order chi connectivity index (χ0) is 18.7. The minimum absolute atomic E-state index is 0.00174. The Morgan fingerprint density at radius 1 is 1.12 bits per heavy atom. The molecule has 4 heteroatoms. The maximum Gasteiger partial charge on any atom is 0.254 e. The fourth-order valence-electron chi connectivity index (χ4n) is 3.29. The van der Waals surface area contributed by atoms with Crippen molar-refractivity contribution in [2.75, 3.05) is 13.6 Å². The van der Waals surface area contributed by atoms with E-state index in [-0.39, 0.29) is 17.9 Å². The summed E-state index contributed by atoms with van der Waals surface area (Å²) in [7, 11) is 1.84. The van der Waals surface area contributed by atoms with E-state index in [1.54, 1.807) is 4.90 Å². The molecule has 1 aliphatic heterocycles. The Morgan fingerprint density at radius 2 is 1.77 bits per heavy atom. The van der Waals surface area contributed by atoms with Crippen LogP contribution in [0.2, 0.25) is 0 Å². The molecule has 1 atom stereocenters. The van der Waals surface area contributed by atoms with Crippen LogP contribution in [-0.4, -0.2) is 35.2 Å². The lowest BCUT2D eigenvalue weighted by molar-refractivity contribution is -0.128. The number of rotatable bonds is 5. The second-order valence-corrected chi connectivity index (χ2v) is 7.12. The lowest BCUT2D eigenvalue weighted by Crippen LogP contribution is -2.29. The number of benzene rings is 2. The highest BCUT2D eigenvalue weighted by atomic mass is 16.2. The third kappa shape index (κ3) is 3.96. The standard InChI is InChI=1S/C22H26N2O2/c1-16-6-10-19(11-7-16)17(2)23(3)22(26)20-12-8-18(9-13-20)15-24-14-4-5-21(24)25/h6-13,17H,4-5,14-15H2,1-3H3. The molecule has 1 aliphatic rings. The van der Waals surface area contributed by atoms with Gasteiger partial charge in [0.1, 0.15) is 0 Å². The number of aryl methyl sites for hydroxylation is 1. The van der Waals surface area contributed by atoms with Crippen LogP contribution in [0.3, 0.4) is 0 Å². The van der Waals surface area contributed by atoms with Crippen LogP contribution in [0.15, 0.2) is 48.5 Å². The fourth-order valence-corrected chi connectivity index (χ4v) is 3.29. The number of amides is 2. The topological polar surface area (TPSA) is 40.6 Å². The van der Waals surface area contributed by atoms with Crippen LogP contribution in [-0.2, 0) is 11.3 Å². The Hall–Kier alpha value is -2.62. The molecule has 1 unspecified atom stereocenters. The molecule has 3 rings (SSSR count). The minimum Gasteiger partial charge on any atom is -0.338 e. The van der Waals surface area contributed by atoms with Crippen molar-refractivity contribution in [2.24, 2.45) is 0 Å². The molecule has 0 spiro atoms. The number of carbonyl (C=O) groups excluding carboxylic acids is 2. The Balaban J connectivity index is 1.66. The highest BCUT2D eigenvalue weighted by molar-refractivity contribution is 5.94. The molecule has 2 amide bonds. The maximum atomic E-state index is 12.8. The van der Waals surface area contributed by atoms with Crippen molar-refractivity contribution in [3.63, 3.8) is 0 Å². The smallest absolute Gasteiger partial charge is 0.254 e. The van der Waals surface area contributed by atoms with E-state index in [0.29, 0.717) is 18.5 Å².